The standard InChI is InChI=1S/C7H13NO4S/c1-3-5(4-2)6(7(9)10)8-13(11)12/h5-6H,3-4H2,1-2H3,(H,9,10)/t6-/m0/s1. The van der Waals surface area contributed by atoms with Crippen LogP contribution in [0.5, 0.6) is 0 Å². The summed E-state index contributed by atoms with van der Waals surface area (Å²) < 4.78 is 23.6. The molecule has 0 bridgehead atoms. The second-order valence-corrected chi connectivity index (χ2v) is 3.33. The lowest BCUT2D eigenvalue weighted by Gasteiger charge is -2.14. The Morgan fingerprint density at radius 2 is 1.85 bits per heavy atom. The number of nitrogens with zero attached hydrogens (tertiary/aromatic N) is 1. The average Bonchev–Trinajstić information content (AvgIpc) is 2.04. The van der Waals surface area contributed by atoms with Crippen LogP contribution in [-0.4, -0.2) is 25.5 Å². The highest BCUT2D eigenvalue weighted by Gasteiger charge is 2.25. The Bertz CT molecular complexity index is 284. The van der Waals surface area contributed by atoms with Gasteiger partial charge in [-0.1, -0.05) is 26.7 Å². The number of carbonyl (C=O) groups is 1. The molecular weight excluding hydrogens is 194 g/mol. The number of aliphatic carboxylic acids is 1. The third-order valence-corrected chi connectivity index (χ3v) is 2.35. The van der Waals surface area contributed by atoms with E-state index >= 15 is 0 Å². The van der Waals surface area contributed by atoms with E-state index in [0.29, 0.717) is 12.8 Å². The van der Waals surface area contributed by atoms with Gasteiger partial charge in [-0.3, -0.25) is 0 Å². The van der Waals surface area contributed by atoms with Gasteiger partial charge in [0.25, 0.3) is 0 Å². The van der Waals surface area contributed by atoms with Crippen molar-refractivity contribution in [2.24, 2.45) is 10.3 Å². The van der Waals surface area contributed by atoms with Crippen molar-refractivity contribution in [3.05, 3.63) is 0 Å². The molecule has 76 valence electrons. The molecule has 0 rings (SSSR count). The Labute approximate surface area is 78.5 Å². The zero-order chi connectivity index (χ0) is 10.4. The smallest absolute Gasteiger partial charge is 0.330 e. The van der Waals surface area contributed by atoms with Crippen molar-refractivity contribution in [1.82, 2.24) is 0 Å². The lowest BCUT2D eigenvalue weighted by molar-refractivity contribution is -0.139. The molecule has 5 nitrogen and oxygen atoms in total. The number of carboxylic acid groups (broad SMARTS) is 1. The third kappa shape index (κ3) is 4.02. The van der Waals surface area contributed by atoms with Crippen molar-refractivity contribution in [3.63, 3.8) is 0 Å². The molecule has 0 heterocycles. The Hall–Kier alpha value is -0.910. The molecule has 6 heteroatoms. The molecule has 0 aromatic rings. The van der Waals surface area contributed by atoms with Crippen LogP contribution in [0.25, 0.3) is 0 Å². The highest BCUT2D eigenvalue weighted by Crippen LogP contribution is 2.16. The van der Waals surface area contributed by atoms with E-state index in [1.807, 2.05) is 13.8 Å². The maximum Gasteiger partial charge on any atom is 0.330 e. The zero-order valence-electron chi connectivity index (χ0n) is 7.60. The van der Waals surface area contributed by atoms with E-state index in [1.54, 1.807) is 0 Å². The SMILES string of the molecule is CCC(CC)[C@H](N=S(=O)=O)C(=O)O. The summed E-state index contributed by atoms with van der Waals surface area (Å²) >= 11 is 0. The van der Waals surface area contributed by atoms with Gasteiger partial charge in [0.2, 0.25) is 0 Å². The molecule has 0 fully saturated rings. The maximum absolute atomic E-state index is 10.6. The first-order chi connectivity index (χ1) is 6.02. The first-order valence-electron chi connectivity index (χ1n) is 4.05. The summed E-state index contributed by atoms with van der Waals surface area (Å²) in [6.45, 7) is 3.63. The Balaban J connectivity index is 4.79. The van der Waals surface area contributed by atoms with Crippen LogP contribution in [-0.2, 0) is 15.3 Å². The average molecular weight is 207 g/mol. The van der Waals surface area contributed by atoms with E-state index in [4.69, 9.17) is 5.11 Å². The van der Waals surface area contributed by atoms with Gasteiger partial charge < -0.3 is 5.11 Å². The molecule has 0 unspecified atom stereocenters. The van der Waals surface area contributed by atoms with E-state index in [-0.39, 0.29) is 5.92 Å². The highest BCUT2D eigenvalue weighted by molar-refractivity contribution is 7.61. The van der Waals surface area contributed by atoms with E-state index in [0.717, 1.165) is 0 Å². The minimum absolute atomic E-state index is 0.213. The quantitative estimate of drug-likeness (QED) is 0.727. The second kappa shape index (κ2) is 5.69. The molecule has 0 aliphatic rings. The van der Waals surface area contributed by atoms with E-state index in [1.165, 1.54) is 0 Å². The summed E-state index contributed by atoms with van der Waals surface area (Å²) in [6, 6.07) is -1.13. The molecular formula is C7H13NO4S. The normalized spacial score (nSPS) is 12.5. The number of hydrogen-bond acceptors (Lipinski definition) is 4. The zero-order valence-corrected chi connectivity index (χ0v) is 8.41. The largest absolute Gasteiger partial charge is 0.480 e. The lowest BCUT2D eigenvalue weighted by Crippen LogP contribution is -2.26. The van der Waals surface area contributed by atoms with Crippen LogP contribution >= 0.6 is 0 Å². The van der Waals surface area contributed by atoms with Crippen molar-refractivity contribution >= 4 is 16.5 Å². The fourth-order valence-corrected chi connectivity index (χ4v) is 1.61. The van der Waals surface area contributed by atoms with Crippen LogP contribution in [0.15, 0.2) is 4.36 Å². The summed E-state index contributed by atoms with van der Waals surface area (Å²) in [5, 5.41) is 8.69. The molecule has 0 aromatic heterocycles. The Morgan fingerprint density at radius 1 is 1.38 bits per heavy atom. The Morgan fingerprint density at radius 3 is 2.08 bits per heavy atom. The molecule has 13 heavy (non-hydrogen) atoms. The van der Waals surface area contributed by atoms with E-state index < -0.39 is 22.5 Å². The predicted molar refractivity (Wildman–Crippen MR) is 46.8 cm³/mol. The van der Waals surface area contributed by atoms with E-state index in [2.05, 4.69) is 4.36 Å². The van der Waals surface area contributed by atoms with Gasteiger partial charge in [0.15, 0.2) is 6.04 Å². The van der Waals surface area contributed by atoms with Gasteiger partial charge >= 0.3 is 16.5 Å². The first kappa shape index (κ1) is 12.1. The van der Waals surface area contributed by atoms with Crippen LogP contribution in [0.2, 0.25) is 0 Å². The number of rotatable bonds is 5. The monoisotopic (exact) mass is 207 g/mol. The minimum Gasteiger partial charge on any atom is -0.480 e. The van der Waals surface area contributed by atoms with Gasteiger partial charge in [-0.05, 0) is 5.92 Å². The molecule has 0 aliphatic heterocycles. The van der Waals surface area contributed by atoms with Gasteiger partial charge in [0, 0.05) is 0 Å². The van der Waals surface area contributed by atoms with Crippen LogP contribution in [0, 0.1) is 5.92 Å². The van der Waals surface area contributed by atoms with Gasteiger partial charge in [0.05, 0.1) is 0 Å². The summed E-state index contributed by atoms with van der Waals surface area (Å²) in [5.41, 5.74) is 0. The van der Waals surface area contributed by atoms with Crippen LogP contribution in [0.3, 0.4) is 0 Å². The van der Waals surface area contributed by atoms with Gasteiger partial charge in [-0.2, -0.15) is 12.8 Å². The van der Waals surface area contributed by atoms with Gasteiger partial charge in [0.1, 0.15) is 0 Å². The fraction of sp³-hybridized carbons (Fsp3) is 0.857. The van der Waals surface area contributed by atoms with Crippen LogP contribution in [0.4, 0.5) is 0 Å². The number of hydrogen-bond donors (Lipinski definition) is 1. The van der Waals surface area contributed by atoms with Crippen LogP contribution < -0.4 is 0 Å². The van der Waals surface area contributed by atoms with Crippen molar-refractivity contribution in [3.8, 4) is 0 Å². The lowest BCUT2D eigenvalue weighted by atomic mass is 9.95. The molecule has 0 saturated heterocycles. The van der Waals surface area contributed by atoms with E-state index in [9.17, 15) is 13.2 Å². The molecule has 0 aliphatic carbocycles. The summed E-state index contributed by atoms with van der Waals surface area (Å²) in [6.07, 6.45) is 1.21. The molecule has 0 saturated carbocycles. The van der Waals surface area contributed by atoms with Crippen molar-refractivity contribution in [1.29, 1.82) is 0 Å². The van der Waals surface area contributed by atoms with Gasteiger partial charge in [-0.15, -0.1) is 0 Å². The topological polar surface area (TPSA) is 83.8 Å². The highest BCUT2D eigenvalue weighted by atomic mass is 32.2. The van der Waals surface area contributed by atoms with Crippen molar-refractivity contribution in [2.75, 3.05) is 0 Å². The summed E-state index contributed by atoms with van der Waals surface area (Å²) in [5.74, 6) is -1.40. The minimum atomic E-state index is -2.65. The van der Waals surface area contributed by atoms with Crippen LogP contribution in [0.1, 0.15) is 26.7 Å². The first-order valence-corrected chi connectivity index (χ1v) is 5.09. The molecule has 1 N–H and O–H groups in total. The molecule has 0 spiro atoms. The second-order valence-electron chi connectivity index (χ2n) is 2.68. The Kier molecular flexibility index (Phi) is 5.29. The maximum atomic E-state index is 10.6. The molecule has 0 radical (unpaired) electrons. The van der Waals surface area contributed by atoms with Crippen molar-refractivity contribution < 1.29 is 18.3 Å². The van der Waals surface area contributed by atoms with Gasteiger partial charge in [-0.25, -0.2) is 4.79 Å². The van der Waals surface area contributed by atoms with Crippen molar-refractivity contribution in [2.45, 2.75) is 32.7 Å². The molecule has 1 atom stereocenters. The summed E-state index contributed by atoms with van der Waals surface area (Å²) in [7, 11) is -2.65. The fourth-order valence-electron chi connectivity index (χ4n) is 1.16. The number of carboxylic acids is 1. The third-order valence-electron chi connectivity index (χ3n) is 1.95. The molecule has 0 amide bonds. The summed E-state index contributed by atoms with van der Waals surface area (Å²) in [4.78, 5) is 10.6. The molecule has 0 aromatic carbocycles. The predicted octanol–water partition coefficient (Wildman–Crippen LogP) is 0.939.